The molecule has 1 amide bonds. The highest BCUT2D eigenvalue weighted by atomic mass is 19.1. The number of nitrogens with two attached hydrogens (primary N) is 1. The SMILES string of the molecule is NC(=O)C#Cc1ccc([N+](=O)[O-])c(F)c1. The van der Waals surface area contributed by atoms with E-state index < -0.39 is 22.3 Å². The molecule has 2 N–H and O–H groups in total. The van der Waals surface area contributed by atoms with Crippen LogP contribution in [0.1, 0.15) is 5.56 Å². The summed E-state index contributed by atoms with van der Waals surface area (Å²) in [6.45, 7) is 0. The van der Waals surface area contributed by atoms with Crippen LogP contribution < -0.4 is 5.73 Å². The summed E-state index contributed by atoms with van der Waals surface area (Å²) in [7, 11) is 0. The van der Waals surface area contributed by atoms with Crippen LogP contribution >= 0.6 is 0 Å². The summed E-state index contributed by atoms with van der Waals surface area (Å²) in [5, 5.41) is 10.3. The van der Waals surface area contributed by atoms with E-state index in [0.717, 1.165) is 12.1 Å². The predicted molar refractivity (Wildman–Crippen MR) is 49.1 cm³/mol. The lowest BCUT2D eigenvalue weighted by Gasteiger charge is -1.93. The van der Waals surface area contributed by atoms with Crippen LogP contribution in [0.2, 0.25) is 0 Å². The van der Waals surface area contributed by atoms with E-state index in [4.69, 9.17) is 5.73 Å². The molecule has 0 saturated carbocycles. The first-order chi connectivity index (χ1) is 7.00. The molecule has 0 fully saturated rings. The zero-order valence-corrected chi connectivity index (χ0v) is 7.36. The number of nitrogens with zero attached hydrogens (tertiary/aromatic N) is 1. The molecule has 0 spiro atoms. The number of nitro benzene ring substituents is 1. The Hall–Kier alpha value is -2.42. The van der Waals surface area contributed by atoms with Crippen LogP contribution in [-0.2, 0) is 4.79 Å². The number of hydrogen-bond acceptors (Lipinski definition) is 3. The summed E-state index contributed by atoms with van der Waals surface area (Å²) in [5.74, 6) is 2.40. The summed E-state index contributed by atoms with van der Waals surface area (Å²) in [6.07, 6.45) is 0. The number of carbonyl (C=O) groups is 1. The Morgan fingerprint density at radius 2 is 2.20 bits per heavy atom. The first-order valence-electron chi connectivity index (χ1n) is 3.76. The molecule has 0 unspecified atom stereocenters. The Balaban J connectivity index is 3.09. The number of halogens is 1. The van der Waals surface area contributed by atoms with Crippen LogP contribution in [0.25, 0.3) is 0 Å². The topological polar surface area (TPSA) is 86.2 Å². The van der Waals surface area contributed by atoms with Gasteiger partial charge in [-0.2, -0.15) is 4.39 Å². The fraction of sp³-hybridized carbons (Fsp3) is 0. The number of benzene rings is 1. The molecule has 76 valence electrons. The summed E-state index contributed by atoms with van der Waals surface area (Å²) >= 11 is 0. The van der Waals surface area contributed by atoms with Gasteiger partial charge in [-0.25, -0.2) is 0 Å². The molecule has 6 heteroatoms. The summed E-state index contributed by atoms with van der Waals surface area (Å²) in [4.78, 5) is 19.7. The van der Waals surface area contributed by atoms with Gasteiger partial charge in [0.15, 0.2) is 0 Å². The third-order valence-corrected chi connectivity index (χ3v) is 1.47. The molecular weight excluding hydrogens is 203 g/mol. The highest BCUT2D eigenvalue weighted by Gasteiger charge is 2.12. The zero-order valence-electron chi connectivity index (χ0n) is 7.36. The molecule has 1 aromatic carbocycles. The quantitative estimate of drug-likeness (QED) is 0.415. The molecule has 1 rings (SSSR count). The maximum atomic E-state index is 13.0. The molecule has 0 aliphatic heterocycles. The van der Waals surface area contributed by atoms with E-state index in [2.05, 4.69) is 5.92 Å². The predicted octanol–water partition coefficient (Wildman–Crippen LogP) is 0.571. The van der Waals surface area contributed by atoms with Crippen molar-refractivity contribution < 1.29 is 14.1 Å². The first kappa shape index (κ1) is 10.7. The number of amides is 1. The minimum atomic E-state index is -1.00. The van der Waals surface area contributed by atoms with Crippen molar-refractivity contribution in [1.29, 1.82) is 0 Å². The van der Waals surface area contributed by atoms with Crippen LogP contribution in [0.3, 0.4) is 0 Å². The van der Waals surface area contributed by atoms with E-state index in [-0.39, 0.29) is 5.56 Å². The molecule has 0 aromatic heterocycles. The standard InChI is InChI=1S/C9H5FN2O3/c10-7-5-6(2-4-9(11)13)1-3-8(7)12(14)15/h1,3,5H,(H2,11,13). The molecule has 1 aromatic rings. The number of hydrogen-bond donors (Lipinski definition) is 1. The van der Waals surface area contributed by atoms with E-state index in [1.165, 1.54) is 6.07 Å². The van der Waals surface area contributed by atoms with Gasteiger partial charge in [0.1, 0.15) is 0 Å². The third kappa shape index (κ3) is 2.77. The van der Waals surface area contributed by atoms with Crippen molar-refractivity contribution in [2.75, 3.05) is 0 Å². The lowest BCUT2D eigenvalue weighted by molar-refractivity contribution is -0.387. The van der Waals surface area contributed by atoms with Gasteiger partial charge in [0.05, 0.1) is 4.92 Å². The largest absolute Gasteiger partial charge is 0.359 e. The van der Waals surface area contributed by atoms with Gasteiger partial charge in [-0.1, -0.05) is 5.92 Å². The number of carbonyl (C=O) groups excluding carboxylic acids is 1. The second-order valence-electron chi connectivity index (χ2n) is 2.54. The van der Waals surface area contributed by atoms with Gasteiger partial charge in [-0.15, -0.1) is 0 Å². The lowest BCUT2D eigenvalue weighted by Crippen LogP contribution is -2.06. The summed E-state index contributed by atoms with van der Waals surface area (Å²) in [5.41, 5.74) is 4.25. The molecule has 0 aliphatic carbocycles. The zero-order chi connectivity index (χ0) is 11.4. The van der Waals surface area contributed by atoms with Crippen LogP contribution in [0.5, 0.6) is 0 Å². The average molecular weight is 208 g/mol. The van der Waals surface area contributed by atoms with Crippen LogP contribution in [0, 0.1) is 27.8 Å². The lowest BCUT2D eigenvalue weighted by atomic mass is 10.2. The second-order valence-corrected chi connectivity index (χ2v) is 2.54. The average Bonchev–Trinajstić information content (AvgIpc) is 2.14. The number of rotatable bonds is 1. The van der Waals surface area contributed by atoms with E-state index in [0.29, 0.717) is 0 Å². The van der Waals surface area contributed by atoms with Crippen molar-refractivity contribution in [3.8, 4) is 11.8 Å². The molecule has 5 nitrogen and oxygen atoms in total. The first-order valence-corrected chi connectivity index (χ1v) is 3.76. The van der Waals surface area contributed by atoms with E-state index in [1.54, 1.807) is 0 Å². The molecular formula is C9H5FN2O3. The molecule has 15 heavy (non-hydrogen) atoms. The van der Waals surface area contributed by atoms with Gasteiger partial charge < -0.3 is 5.73 Å². The van der Waals surface area contributed by atoms with Crippen LogP contribution in [-0.4, -0.2) is 10.8 Å². The number of primary amides is 1. The van der Waals surface area contributed by atoms with E-state index in [9.17, 15) is 19.3 Å². The highest BCUT2D eigenvalue weighted by molar-refractivity contribution is 5.92. The Kier molecular flexibility index (Phi) is 2.98. The fourth-order valence-electron chi connectivity index (χ4n) is 0.866. The van der Waals surface area contributed by atoms with Gasteiger partial charge in [0, 0.05) is 11.6 Å². The third-order valence-electron chi connectivity index (χ3n) is 1.47. The van der Waals surface area contributed by atoms with Gasteiger partial charge in [-0.05, 0) is 18.1 Å². The Bertz CT molecular complexity index is 488. The normalized spacial score (nSPS) is 8.87. The Morgan fingerprint density at radius 3 is 2.67 bits per heavy atom. The van der Waals surface area contributed by atoms with Crippen molar-refractivity contribution in [3.63, 3.8) is 0 Å². The van der Waals surface area contributed by atoms with E-state index in [1.807, 2.05) is 5.92 Å². The van der Waals surface area contributed by atoms with Crippen molar-refractivity contribution in [2.24, 2.45) is 5.73 Å². The summed E-state index contributed by atoms with van der Waals surface area (Å²) in [6, 6.07) is 3.07. The minimum absolute atomic E-state index is 0.150. The van der Waals surface area contributed by atoms with Crippen molar-refractivity contribution in [3.05, 3.63) is 39.7 Å². The molecule has 0 saturated heterocycles. The van der Waals surface area contributed by atoms with Gasteiger partial charge in [0.25, 0.3) is 5.91 Å². The molecule has 0 atom stereocenters. The molecule has 0 radical (unpaired) electrons. The monoisotopic (exact) mass is 208 g/mol. The second kappa shape index (κ2) is 4.19. The van der Waals surface area contributed by atoms with Gasteiger partial charge in [-0.3, -0.25) is 14.9 Å². The number of nitro groups is 1. The van der Waals surface area contributed by atoms with Crippen LogP contribution in [0.4, 0.5) is 10.1 Å². The highest BCUT2D eigenvalue weighted by Crippen LogP contribution is 2.17. The van der Waals surface area contributed by atoms with E-state index >= 15 is 0 Å². The van der Waals surface area contributed by atoms with Gasteiger partial charge in [0.2, 0.25) is 5.82 Å². The maximum Gasteiger partial charge on any atom is 0.304 e. The van der Waals surface area contributed by atoms with Gasteiger partial charge >= 0.3 is 5.69 Å². The Labute approximate surface area is 83.8 Å². The van der Waals surface area contributed by atoms with Crippen molar-refractivity contribution in [2.45, 2.75) is 0 Å². The van der Waals surface area contributed by atoms with Crippen LogP contribution in [0.15, 0.2) is 18.2 Å². The fourth-order valence-corrected chi connectivity index (χ4v) is 0.866. The Morgan fingerprint density at radius 1 is 1.53 bits per heavy atom. The molecule has 0 heterocycles. The van der Waals surface area contributed by atoms with Crippen molar-refractivity contribution in [1.82, 2.24) is 0 Å². The maximum absolute atomic E-state index is 13.0. The molecule has 0 aliphatic rings. The van der Waals surface area contributed by atoms with Crippen molar-refractivity contribution >= 4 is 11.6 Å². The molecule has 0 bridgehead atoms. The minimum Gasteiger partial charge on any atom is -0.359 e. The summed E-state index contributed by atoms with van der Waals surface area (Å²) < 4.78 is 13.0. The smallest absolute Gasteiger partial charge is 0.304 e.